The predicted octanol–water partition coefficient (Wildman–Crippen LogP) is 5.32. The van der Waals surface area contributed by atoms with E-state index < -0.39 is 0 Å². The van der Waals surface area contributed by atoms with Crippen LogP contribution in [0.5, 0.6) is 11.5 Å². The number of nitrogens with zero attached hydrogens (tertiary/aromatic N) is 4. The molecule has 1 aromatic heterocycles. The molecule has 2 aliphatic rings. The van der Waals surface area contributed by atoms with Gasteiger partial charge in [-0.05, 0) is 59.7 Å². The quantitative estimate of drug-likeness (QED) is 0.323. The molecule has 0 unspecified atom stereocenters. The van der Waals surface area contributed by atoms with E-state index in [0.29, 0.717) is 0 Å². The smallest absolute Gasteiger partial charge is 0.142 e. The van der Waals surface area contributed by atoms with Crippen LogP contribution in [0.4, 0.5) is 15.8 Å². The maximum absolute atomic E-state index is 13.2. The number of halogens is 1. The highest BCUT2D eigenvalue weighted by Gasteiger charge is 2.20. The predicted molar refractivity (Wildman–Crippen MR) is 168 cm³/mol. The van der Waals surface area contributed by atoms with Crippen LogP contribution in [-0.4, -0.2) is 76.5 Å². The van der Waals surface area contributed by atoms with Crippen LogP contribution >= 0.6 is 0 Å². The van der Waals surface area contributed by atoms with Gasteiger partial charge in [0.1, 0.15) is 17.3 Å². The Morgan fingerprint density at radius 2 is 1.26 bits per heavy atom. The number of aromatic nitrogens is 1. The Hall–Kier alpha value is -4.14. The minimum atomic E-state index is -0.217. The number of ether oxygens (including phenoxy) is 2. The number of methoxy groups -OCH3 is 2. The third-order valence-electron chi connectivity index (χ3n) is 7.72. The third-order valence-corrected chi connectivity index (χ3v) is 7.72. The van der Waals surface area contributed by atoms with Gasteiger partial charge < -0.3 is 24.6 Å². The Balaban J connectivity index is 0.000000211. The number of para-hydroxylation sites is 4. The second kappa shape index (κ2) is 14.7. The fourth-order valence-corrected chi connectivity index (χ4v) is 5.45. The van der Waals surface area contributed by atoms with Crippen molar-refractivity contribution in [1.29, 1.82) is 0 Å². The summed E-state index contributed by atoms with van der Waals surface area (Å²) in [6.07, 6.45) is 1.83. The van der Waals surface area contributed by atoms with E-state index in [4.69, 9.17) is 9.47 Å². The third kappa shape index (κ3) is 7.57. The Labute approximate surface area is 248 Å². The Bertz CT molecular complexity index is 1400. The van der Waals surface area contributed by atoms with Crippen LogP contribution < -0.4 is 24.6 Å². The summed E-state index contributed by atoms with van der Waals surface area (Å²) < 4.78 is 24.0. The summed E-state index contributed by atoms with van der Waals surface area (Å²) in [6.45, 7) is 8.89. The molecule has 42 heavy (non-hydrogen) atoms. The van der Waals surface area contributed by atoms with Crippen LogP contribution in [0.3, 0.4) is 0 Å². The zero-order valence-corrected chi connectivity index (χ0v) is 24.5. The molecule has 0 amide bonds. The lowest BCUT2D eigenvalue weighted by atomic mass is 10.1. The first-order valence-corrected chi connectivity index (χ1v) is 14.5. The molecule has 3 heterocycles. The monoisotopic (exact) mass is 569 g/mol. The van der Waals surface area contributed by atoms with Gasteiger partial charge in [0.2, 0.25) is 0 Å². The van der Waals surface area contributed by atoms with E-state index in [1.54, 1.807) is 26.4 Å². The molecule has 220 valence electrons. The first kappa shape index (κ1) is 29.4. The molecule has 2 aliphatic heterocycles. The van der Waals surface area contributed by atoms with Gasteiger partial charge in [0.05, 0.1) is 31.3 Å². The van der Waals surface area contributed by atoms with Crippen LogP contribution in [-0.2, 0) is 6.54 Å². The van der Waals surface area contributed by atoms with Gasteiger partial charge in [0, 0.05) is 65.1 Å². The number of pyridine rings is 1. The van der Waals surface area contributed by atoms with E-state index in [0.717, 1.165) is 92.9 Å². The highest BCUT2D eigenvalue weighted by Crippen LogP contribution is 2.29. The number of hydrogen-bond acceptors (Lipinski definition) is 7. The summed E-state index contributed by atoms with van der Waals surface area (Å²) in [5.41, 5.74) is 5.47. The van der Waals surface area contributed by atoms with Crippen LogP contribution in [0.1, 0.15) is 5.69 Å². The Kier molecular flexibility index (Phi) is 10.2. The number of hydrogen-bond donors (Lipinski definition) is 1. The lowest BCUT2D eigenvalue weighted by Gasteiger charge is -2.36. The van der Waals surface area contributed by atoms with Gasteiger partial charge in [-0.25, -0.2) is 4.39 Å². The van der Waals surface area contributed by atoms with Crippen molar-refractivity contribution in [2.45, 2.75) is 6.54 Å². The molecule has 0 saturated carbocycles. The van der Waals surface area contributed by atoms with E-state index in [9.17, 15) is 4.39 Å². The maximum atomic E-state index is 13.2. The highest BCUT2D eigenvalue weighted by atomic mass is 19.1. The van der Waals surface area contributed by atoms with Gasteiger partial charge >= 0.3 is 0 Å². The largest absolute Gasteiger partial charge is 0.495 e. The minimum Gasteiger partial charge on any atom is -0.495 e. The second-order valence-corrected chi connectivity index (χ2v) is 10.4. The molecule has 0 spiro atoms. The fourth-order valence-electron chi connectivity index (χ4n) is 5.45. The summed E-state index contributed by atoms with van der Waals surface area (Å²) >= 11 is 0. The Morgan fingerprint density at radius 1 is 0.690 bits per heavy atom. The lowest BCUT2D eigenvalue weighted by Crippen LogP contribution is -2.46. The van der Waals surface area contributed by atoms with Gasteiger partial charge in [-0.2, -0.15) is 0 Å². The van der Waals surface area contributed by atoms with E-state index in [-0.39, 0.29) is 5.82 Å². The molecule has 0 bridgehead atoms. The molecule has 7 nitrogen and oxygen atoms in total. The average Bonchev–Trinajstić information content (AvgIpc) is 3.06. The lowest BCUT2D eigenvalue weighted by molar-refractivity contribution is 0.246. The van der Waals surface area contributed by atoms with Crippen molar-refractivity contribution < 1.29 is 13.9 Å². The van der Waals surface area contributed by atoms with Gasteiger partial charge in [-0.15, -0.1) is 0 Å². The van der Waals surface area contributed by atoms with Gasteiger partial charge in [0.15, 0.2) is 0 Å². The molecule has 0 atom stereocenters. The highest BCUT2D eigenvalue weighted by molar-refractivity contribution is 5.63. The fraction of sp³-hybridized carbons (Fsp3) is 0.324. The van der Waals surface area contributed by atoms with E-state index in [2.05, 4.69) is 55.3 Å². The molecule has 3 aromatic carbocycles. The van der Waals surface area contributed by atoms with Crippen molar-refractivity contribution >= 4 is 11.4 Å². The SMILES string of the molecule is COc1ccccc1N1CCN(Cc2cc(-c3ccc(F)cc3)ccn2)CC1.COc1ccccc1N1CCNCC1. The topological polar surface area (TPSA) is 53.1 Å². The zero-order valence-electron chi connectivity index (χ0n) is 24.5. The van der Waals surface area contributed by atoms with E-state index in [1.165, 1.54) is 17.8 Å². The molecule has 0 aliphatic carbocycles. The van der Waals surface area contributed by atoms with E-state index in [1.807, 2.05) is 36.5 Å². The van der Waals surface area contributed by atoms with Crippen molar-refractivity contribution in [2.75, 3.05) is 76.4 Å². The maximum Gasteiger partial charge on any atom is 0.142 e. The number of nitrogens with one attached hydrogen (secondary N) is 1. The average molecular weight is 570 g/mol. The molecule has 0 radical (unpaired) electrons. The van der Waals surface area contributed by atoms with Crippen molar-refractivity contribution in [3.63, 3.8) is 0 Å². The second-order valence-electron chi connectivity index (χ2n) is 10.4. The normalized spacial score (nSPS) is 15.5. The molecule has 6 rings (SSSR count). The van der Waals surface area contributed by atoms with Crippen molar-refractivity contribution in [3.05, 3.63) is 103 Å². The summed E-state index contributed by atoms with van der Waals surface area (Å²) in [4.78, 5) is 11.7. The molecule has 1 N–H and O–H groups in total. The van der Waals surface area contributed by atoms with Crippen LogP contribution in [0.15, 0.2) is 91.1 Å². The van der Waals surface area contributed by atoms with Crippen molar-refractivity contribution in [3.8, 4) is 22.6 Å². The Morgan fingerprint density at radius 3 is 1.86 bits per heavy atom. The van der Waals surface area contributed by atoms with Gasteiger partial charge in [-0.1, -0.05) is 36.4 Å². The molecular weight excluding hydrogens is 529 g/mol. The standard InChI is InChI=1S/C23H24FN3O.C11H16N2O/c1-28-23-5-3-2-4-22(23)27-14-12-26(13-15-27)17-21-16-19(10-11-25-21)18-6-8-20(24)9-7-18;1-14-11-5-3-2-4-10(11)13-8-6-12-7-9-13/h2-11,16H,12-15,17H2,1H3;2-5,12H,6-9H2,1H3. The first-order valence-electron chi connectivity index (χ1n) is 14.5. The molecule has 2 saturated heterocycles. The first-order chi connectivity index (χ1) is 20.6. The molecule has 4 aromatic rings. The number of anilines is 2. The number of benzene rings is 3. The van der Waals surface area contributed by atoms with E-state index >= 15 is 0 Å². The summed E-state index contributed by atoms with van der Waals surface area (Å²) in [6, 6.07) is 27.0. The minimum absolute atomic E-state index is 0.217. The number of rotatable bonds is 7. The van der Waals surface area contributed by atoms with Crippen LogP contribution in [0, 0.1) is 5.82 Å². The van der Waals surface area contributed by atoms with Crippen LogP contribution in [0.25, 0.3) is 11.1 Å². The summed E-state index contributed by atoms with van der Waals surface area (Å²) in [5.74, 6) is 1.67. The molecular formula is C34H40FN5O2. The van der Waals surface area contributed by atoms with Crippen molar-refractivity contribution in [2.24, 2.45) is 0 Å². The van der Waals surface area contributed by atoms with Crippen LogP contribution in [0.2, 0.25) is 0 Å². The van der Waals surface area contributed by atoms with Crippen molar-refractivity contribution in [1.82, 2.24) is 15.2 Å². The molecule has 2 fully saturated rings. The summed E-state index contributed by atoms with van der Waals surface area (Å²) in [5, 5.41) is 3.34. The van der Waals surface area contributed by atoms with Gasteiger partial charge in [0.25, 0.3) is 0 Å². The van der Waals surface area contributed by atoms with Gasteiger partial charge in [-0.3, -0.25) is 9.88 Å². The molecule has 8 heteroatoms. The number of piperazine rings is 2. The zero-order chi connectivity index (χ0) is 29.1. The summed E-state index contributed by atoms with van der Waals surface area (Å²) in [7, 11) is 3.44.